The van der Waals surface area contributed by atoms with Gasteiger partial charge in [0.2, 0.25) is 0 Å². The van der Waals surface area contributed by atoms with Crippen molar-refractivity contribution in [2.75, 3.05) is 4.90 Å². The second-order valence-corrected chi connectivity index (χ2v) is 16.4. The number of nitrogens with zero attached hydrogens (tertiary/aromatic N) is 1. The number of para-hydroxylation sites is 1. The zero-order valence-electron chi connectivity index (χ0n) is 35.0. The van der Waals surface area contributed by atoms with Crippen molar-refractivity contribution in [2.24, 2.45) is 0 Å². The molecule has 0 saturated heterocycles. The van der Waals surface area contributed by atoms with Crippen LogP contribution in [0.5, 0.6) is 0 Å². The third-order valence-electron chi connectivity index (χ3n) is 12.7. The molecule has 0 spiro atoms. The Balaban J connectivity index is 1.01. The van der Waals surface area contributed by atoms with E-state index in [9.17, 15) is 0 Å². The van der Waals surface area contributed by atoms with E-state index in [1.807, 2.05) is 0 Å². The van der Waals surface area contributed by atoms with Gasteiger partial charge in [-0.05, 0) is 121 Å². The van der Waals surface area contributed by atoms with Crippen molar-refractivity contribution in [3.63, 3.8) is 0 Å². The van der Waals surface area contributed by atoms with Gasteiger partial charge < -0.3 is 9.32 Å². The lowest BCUT2D eigenvalue weighted by Gasteiger charge is -2.28. The van der Waals surface area contributed by atoms with Gasteiger partial charge in [0.25, 0.3) is 0 Å². The highest BCUT2D eigenvalue weighted by molar-refractivity contribution is 6.15. The molecule has 0 fully saturated rings. The highest BCUT2D eigenvalue weighted by Gasteiger charge is 2.20. The van der Waals surface area contributed by atoms with Gasteiger partial charge >= 0.3 is 0 Å². The first-order chi connectivity index (χ1) is 31.7. The smallest absolute Gasteiger partial charge is 0.143 e. The van der Waals surface area contributed by atoms with Crippen LogP contribution in [0, 0.1) is 0 Å². The van der Waals surface area contributed by atoms with Crippen molar-refractivity contribution in [2.45, 2.75) is 0 Å². The standard InChI is InChI=1S/C62H41NO/c1-3-15-43(16-4-1)54-36-32-47(40-58(54)45-17-5-2-6-18-45)42-29-34-50(35-30-42)63(51-23-13-22-48(39-51)53-27-14-21-44-19-7-9-24-52(44)53)60-28-12-11-25-55(60)49-33-38-61-59(41-49)57-37-31-46-20-8-10-26-56(46)62(57)64-61/h1-41H. The van der Waals surface area contributed by atoms with Crippen LogP contribution < -0.4 is 4.90 Å². The molecule has 0 aliphatic carbocycles. The van der Waals surface area contributed by atoms with Gasteiger partial charge in [-0.2, -0.15) is 0 Å². The Morgan fingerprint density at radius 3 is 1.67 bits per heavy atom. The Morgan fingerprint density at radius 2 is 0.859 bits per heavy atom. The first kappa shape index (κ1) is 37.3. The molecule has 0 radical (unpaired) electrons. The maximum absolute atomic E-state index is 6.56. The fourth-order valence-electron chi connectivity index (χ4n) is 9.55. The van der Waals surface area contributed by atoms with Gasteiger partial charge in [-0.3, -0.25) is 0 Å². The molecule has 11 aromatic carbocycles. The number of rotatable bonds is 8. The summed E-state index contributed by atoms with van der Waals surface area (Å²) in [5, 5.41) is 6.99. The maximum Gasteiger partial charge on any atom is 0.143 e. The molecule has 12 rings (SSSR count). The van der Waals surface area contributed by atoms with E-state index in [0.717, 1.165) is 61.1 Å². The van der Waals surface area contributed by atoms with Crippen LogP contribution in [0.25, 0.3) is 99.1 Å². The minimum atomic E-state index is 0.884. The van der Waals surface area contributed by atoms with E-state index in [4.69, 9.17) is 4.42 Å². The Hall–Kier alpha value is -8.46. The van der Waals surface area contributed by atoms with Crippen LogP contribution in [-0.4, -0.2) is 0 Å². The quantitative estimate of drug-likeness (QED) is 0.152. The Labute approximate surface area is 372 Å². The fraction of sp³-hybridized carbons (Fsp3) is 0. The average molecular weight is 816 g/mol. The van der Waals surface area contributed by atoms with Crippen molar-refractivity contribution in [3.05, 3.63) is 249 Å². The van der Waals surface area contributed by atoms with Crippen molar-refractivity contribution in [1.29, 1.82) is 0 Å². The molecule has 1 heterocycles. The second-order valence-electron chi connectivity index (χ2n) is 16.4. The maximum atomic E-state index is 6.56. The van der Waals surface area contributed by atoms with Gasteiger partial charge in [0, 0.05) is 33.1 Å². The minimum Gasteiger partial charge on any atom is -0.455 e. The van der Waals surface area contributed by atoms with Crippen LogP contribution in [0.3, 0.4) is 0 Å². The van der Waals surface area contributed by atoms with Gasteiger partial charge in [-0.25, -0.2) is 0 Å². The molecule has 0 bridgehead atoms. The lowest BCUT2D eigenvalue weighted by molar-refractivity contribution is 0.672. The van der Waals surface area contributed by atoms with E-state index in [1.54, 1.807) is 0 Å². The van der Waals surface area contributed by atoms with Crippen LogP contribution >= 0.6 is 0 Å². The molecule has 0 aliphatic rings. The van der Waals surface area contributed by atoms with Gasteiger partial charge in [0.1, 0.15) is 11.2 Å². The topological polar surface area (TPSA) is 16.4 Å². The first-order valence-electron chi connectivity index (χ1n) is 21.9. The van der Waals surface area contributed by atoms with Gasteiger partial charge in [0.05, 0.1) is 5.69 Å². The minimum absolute atomic E-state index is 0.884. The zero-order valence-corrected chi connectivity index (χ0v) is 35.0. The number of benzene rings is 11. The summed E-state index contributed by atoms with van der Waals surface area (Å²) < 4.78 is 6.56. The van der Waals surface area contributed by atoms with Gasteiger partial charge in [0.15, 0.2) is 0 Å². The molecule has 64 heavy (non-hydrogen) atoms. The molecule has 0 unspecified atom stereocenters. The molecule has 0 N–H and O–H groups in total. The fourth-order valence-corrected chi connectivity index (χ4v) is 9.55. The van der Waals surface area contributed by atoms with E-state index in [-0.39, 0.29) is 0 Å². The van der Waals surface area contributed by atoms with Crippen molar-refractivity contribution in [3.8, 4) is 55.6 Å². The van der Waals surface area contributed by atoms with Crippen LogP contribution in [0.2, 0.25) is 0 Å². The molecule has 300 valence electrons. The molecule has 12 aromatic rings. The predicted octanol–water partition coefficient (Wildman–Crippen LogP) is 17.7. The molecule has 1 aromatic heterocycles. The summed E-state index contributed by atoms with van der Waals surface area (Å²) in [6.07, 6.45) is 0. The van der Waals surface area contributed by atoms with Crippen LogP contribution in [0.15, 0.2) is 253 Å². The van der Waals surface area contributed by atoms with E-state index in [1.165, 1.54) is 55.1 Å². The van der Waals surface area contributed by atoms with Crippen LogP contribution in [0.4, 0.5) is 17.1 Å². The van der Waals surface area contributed by atoms with Crippen molar-refractivity contribution < 1.29 is 4.42 Å². The monoisotopic (exact) mass is 815 g/mol. The number of furan rings is 1. The third kappa shape index (κ3) is 6.61. The third-order valence-corrected chi connectivity index (χ3v) is 12.7. The SMILES string of the molecule is c1ccc(-c2ccc(-c3ccc(N(c4cccc(-c5cccc6ccccc56)c4)c4ccccc4-c4ccc5oc6c7ccccc7ccc6c5c4)cc3)cc2-c2ccccc2)cc1. The van der Waals surface area contributed by atoms with Crippen LogP contribution in [0.1, 0.15) is 0 Å². The van der Waals surface area contributed by atoms with Crippen molar-refractivity contribution in [1.82, 2.24) is 0 Å². The average Bonchev–Trinajstić information content (AvgIpc) is 3.76. The number of hydrogen-bond donors (Lipinski definition) is 0. The van der Waals surface area contributed by atoms with Crippen molar-refractivity contribution >= 4 is 60.5 Å². The molecule has 0 atom stereocenters. The lowest BCUT2D eigenvalue weighted by atomic mass is 9.91. The Morgan fingerprint density at radius 1 is 0.266 bits per heavy atom. The lowest BCUT2D eigenvalue weighted by Crippen LogP contribution is -2.11. The van der Waals surface area contributed by atoms with E-state index in [2.05, 4.69) is 254 Å². The largest absolute Gasteiger partial charge is 0.455 e. The highest BCUT2D eigenvalue weighted by Crippen LogP contribution is 2.45. The molecule has 0 amide bonds. The summed E-state index contributed by atoms with van der Waals surface area (Å²) in [6, 6.07) is 89.7. The molecule has 2 heteroatoms. The molecular formula is C62H41NO. The summed E-state index contributed by atoms with van der Waals surface area (Å²) in [7, 11) is 0. The van der Waals surface area contributed by atoms with E-state index >= 15 is 0 Å². The summed E-state index contributed by atoms with van der Waals surface area (Å²) in [6.45, 7) is 0. The summed E-state index contributed by atoms with van der Waals surface area (Å²) in [4.78, 5) is 2.41. The van der Waals surface area contributed by atoms with E-state index < -0.39 is 0 Å². The Kier molecular flexibility index (Phi) is 9.20. The number of anilines is 3. The summed E-state index contributed by atoms with van der Waals surface area (Å²) in [5.41, 5.74) is 16.8. The van der Waals surface area contributed by atoms with E-state index in [0.29, 0.717) is 0 Å². The summed E-state index contributed by atoms with van der Waals surface area (Å²) >= 11 is 0. The predicted molar refractivity (Wildman–Crippen MR) is 271 cm³/mol. The zero-order chi connectivity index (χ0) is 42.4. The molecular weight excluding hydrogens is 775 g/mol. The Bertz CT molecular complexity index is 3660. The van der Waals surface area contributed by atoms with Crippen LogP contribution in [-0.2, 0) is 0 Å². The second kappa shape index (κ2) is 15.8. The first-order valence-corrected chi connectivity index (χ1v) is 21.9. The molecule has 2 nitrogen and oxygen atoms in total. The number of hydrogen-bond acceptors (Lipinski definition) is 2. The normalized spacial score (nSPS) is 11.4. The molecule has 0 aliphatic heterocycles. The number of fused-ring (bicyclic) bond motifs is 6. The summed E-state index contributed by atoms with van der Waals surface area (Å²) in [5.74, 6) is 0. The molecule has 0 saturated carbocycles. The van der Waals surface area contributed by atoms with Gasteiger partial charge in [-0.1, -0.05) is 194 Å². The highest BCUT2D eigenvalue weighted by atomic mass is 16.3. The van der Waals surface area contributed by atoms with Gasteiger partial charge in [-0.15, -0.1) is 0 Å².